The van der Waals surface area contributed by atoms with Crippen LogP contribution in [-0.2, 0) is 6.54 Å². The van der Waals surface area contributed by atoms with Gasteiger partial charge in [-0.3, -0.25) is 4.90 Å². The van der Waals surface area contributed by atoms with Crippen molar-refractivity contribution in [1.29, 1.82) is 0 Å². The van der Waals surface area contributed by atoms with Gasteiger partial charge in [-0.25, -0.2) is 18.7 Å². The second kappa shape index (κ2) is 8.53. The van der Waals surface area contributed by atoms with Crippen molar-refractivity contribution in [3.63, 3.8) is 0 Å². The summed E-state index contributed by atoms with van der Waals surface area (Å²) in [6.45, 7) is 6.56. The van der Waals surface area contributed by atoms with Crippen LogP contribution in [0.25, 0.3) is 0 Å². The Labute approximate surface area is 168 Å². The smallest absolute Gasteiger partial charge is 0.224 e. The Hall–Kier alpha value is -3.06. The fourth-order valence-corrected chi connectivity index (χ4v) is 3.31. The normalized spacial score (nSPS) is 14.8. The predicted octanol–water partition coefficient (Wildman–Crippen LogP) is 4.18. The number of halogens is 2. The first-order chi connectivity index (χ1) is 14.1. The standard InChI is InChI=1S/C22H22F2N4O/c1-16-2-4-17(5-3-16)14-27-8-10-28(11-9-27)21-13-22(26-15-25-21)29-18-6-7-19(23)20(24)12-18/h2-7,12-13,15H,8-11,14H2,1H3. The lowest BCUT2D eigenvalue weighted by atomic mass is 10.1. The number of piperazine rings is 1. The molecule has 0 saturated carbocycles. The summed E-state index contributed by atoms with van der Waals surface area (Å²) in [6, 6.07) is 13.7. The number of hydrogen-bond donors (Lipinski definition) is 0. The van der Waals surface area contributed by atoms with E-state index in [-0.39, 0.29) is 5.75 Å². The maximum Gasteiger partial charge on any atom is 0.224 e. The first-order valence-electron chi connectivity index (χ1n) is 9.54. The van der Waals surface area contributed by atoms with Crippen LogP contribution in [0, 0.1) is 18.6 Å². The van der Waals surface area contributed by atoms with Crippen molar-refractivity contribution >= 4 is 5.82 Å². The number of anilines is 1. The molecule has 29 heavy (non-hydrogen) atoms. The minimum atomic E-state index is -0.957. The van der Waals surface area contributed by atoms with Crippen molar-refractivity contribution in [2.45, 2.75) is 13.5 Å². The quantitative estimate of drug-likeness (QED) is 0.647. The summed E-state index contributed by atoms with van der Waals surface area (Å²) in [5, 5.41) is 0. The van der Waals surface area contributed by atoms with Crippen LogP contribution in [0.15, 0.2) is 54.9 Å². The van der Waals surface area contributed by atoms with Gasteiger partial charge < -0.3 is 9.64 Å². The average Bonchev–Trinajstić information content (AvgIpc) is 2.73. The van der Waals surface area contributed by atoms with E-state index < -0.39 is 11.6 Å². The van der Waals surface area contributed by atoms with E-state index >= 15 is 0 Å². The minimum Gasteiger partial charge on any atom is -0.439 e. The molecule has 1 aliphatic heterocycles. The molecular formula is C22H22F2N4O. The van der Waals surface area contributed by atoms with E-state index in [0.717, 1.165) is 50.7 Å². The molecule has 1 saturated heterocycles. The number of hydrogen-bond acceptors (Lipinski definition) is 5. The molecule has 0 aliphatic carbocycles. The van der Waals surface area contributed by atoms with Crippen molar-refractivity contribution < 1.29 is 13.5 Å². The van der Waals surface area contributed by atoms with Crippen molar-refractivity contribution in [2.24, 2.45) is 0 Å². The van der Waals surface area contributed by atoms with Crippen molar-refractivity contribution in [1.82, 2.24) is 14.9 Å². The molecule has 0 spiro atoms. The fourth-order valence-electron chi connectivity index (χ4n) is 3.31. The van der Waals surface area contributed by atoms with Gasteiger partial charge in [0.05, 0.1) is 0 Å². The summed E-state index contributed by atoms with van der Waals surface area (Å²) in [5.41, 5.74) is 2.58. The highest BCUT2D eigenvalue weighted by Crippen LogP contribution is 2.24. The Bertz CT molecular complexity index is 973. The summed E-state index contributed by atoms with van der Waals surface area (Å²) in [5.74, 6) is -0.627. The van der Waals surface area contributed by atoms with Crippen LogP contribution in [0.5, 0.6) is 11.6 Å². The zero-order valence-corrected chi connectivity index (χ0v) is 16.2. The molecule has 1 fully saturated rings. The largest absolute Gasteiger partial charge is 0.439 e. The highest BCUT2D eigenvalue weighted by Gasteiger charge is 2.19. The van der Waals surface area contributed by atoms with Gasteiger partial charge in [0, 0.05) is 44.9 Å². The third-order valence-corrected chi connectivity index (χ3v) is 4.96. The van der Waals surface area contributed by atoms with Gasteiger partial charge in [-0.15, -0.1) is 0 Å². The zero-order valence-electron chi connectivity index (χ0n) is 16.2. The molecule has 2 aromatic carbocycles. The molecule has 0 unspecified atom stereocenters. The van der Waals surface area contributed by atoms with Gasteiger partial charge in [-0.2, -0.15) is 0 Å². The fraction of sp³-hybridized carbons (Fsp3) is 0.273. The van der Waals surface area contributed by atoms with Gasteiger partial charge in [0.15, 0.2) is 11.6 Å². The maximum absolute atomic E-state index is 13.4. The third-order valence-electron chi connectivity index (χ3n) is 4.96. The highest BCUT2D eigenvalue weighted by atomic mass is 19.2. The zero-order chi connectivity index (χ0) is 20.2. The first kappa shape index (κ1) is 19.3. The van der Waals surface area contributed by atoms with Crippen LogP contribution in [0.2, 0.25) is 0 Å². The molecule has 0 bridgehead atoms. The van der Waals surface area contributed by atoms with E-state index in [1.807, 2.05) is 0 Å². The van der Waals surface area contributed by atoms with Gasteiger partial charge in [-0.05, 0) is 24.6 Å². The molecule has 0 radical (unpaired) electrons. The van der Waals surface area contributed by atoms with Crippen molar-refractivity contribution in [3.05, 3.63) is 77.6 Å². The average molecular weight is 396 g/mol. The van der Waals surface area contributed by atoms with Crippen LogP contribution in [0.1, 0.15) is 11.1 Å². The number of rotatable bonds is 5. The van der Waals surface area contributed by atoms with E-state index in [4.69, 9.17) is 4.74 Å². The second-order valence-electron chi connectivity index (χ2n) is 7.14. The van der Waals surface area contributed by atoms with Crippen LogP contribution >= 0.6 is 0 Å². The first-order valence-corrected chi connectivity index (χ1v) is 9.54. The van der Waals surface area contributed by atoms with E-state index in [1.54, 1.807) is 6.07 Å². The topological polar surface area (TPSA) is 41.5 Å². The van der Waals surface area contributed by atoms with Gasteiger partial charge in [0.25, 0.3) is 0 Å². The molecule has 0 amide bonds. The van der Waals surface area contributed by atoms with Crippen molar-refractivity contribution in [2.75, 3.05) is 31.1 Å². The highest BCUT2D eigenvalue weighted by molar-refractivity contribution is 5.42. The second-order valence-corrected chi connectivity index (χ2v) is 7.14. The SMILES string of the molecule is Cc1ccc(CN2CCN(c3cc(Oc4ccc(F)c(F)c4)ncn3)CC2)cc1. The number of benzene rings is 2. The van der Waals surface area contributed by atoms with E-state index in [1.165, 1.54) is 23.5 Å². The third kappa shape index (κ3) is 4.86. The minimum absolute atomic E-state index is 0.191. The van der Waals surface area contributed by atoms with Crippen LogP contribution in [-0.4, -0.2) is 41.0 Å². The van der Waals surface area contributed by atoms with Gasteiger partial charge in [0.2, 0.25) is 5.88 Å². The molecule has 0 N–H and O–H groups in total. The molecule has 0 atom stereocenters. The molecule has 1 aromatic heterocycles. The van der Waals surface area contributed by atoms with Gasteiger partial charge in [-0.1, -0.05) is 29.8 Å². The Kier molecular flexibility index (Phi) is 5.67. The van der Waals surface area contributed by atoms with Crippen molar-refractivity contribution in [3.8, 4) is 11.6 Å². The summed E-state index contributed by atoms with van der Waals surface area (Å²) in [4.78, 5) is 13.0. The maximum atomic E-state index is 13.4. The van der Waals surface area contributed by atoms with Crippen LogP contribution in [0.3, 0.4) is 0 Å². The summed E-state index contributed by atoms with van der Waals surface area (Å²) in [6.07, 6.45) is 1.42. The monoisotopic (exact) mass is 396 g/mol. The Morgan fingerprint density at radius 3 is 2.38 bits per heavy atom. The predicted molar refractivity (Wildman–Crippen MR) is 107 cm³/mol. The lowest BCUT2D eigenvalue weighted by molar-refractivity contribution is 0.249. The van der Waals surface area contributed by atoms with E-state index in [0.29, 0.717) is 5.88 Å². The number of nitrogens with zero attached hydrogens (tertiary/aromatic N) is 4. The molecule has 7 heteroatoms. The summed E-state index contributed by atoms with van der Waals surface area (Å²) >= 11 is 0. The van der Waals surface area contributed by atoms with Crippen LogP contribution < -0.4 is 9.64 Å². The molecule has 1 aliphatic rings. The van der Waals surface area contributed by atoms with E-state index in [9.17, 15) is 8.78 Å². The Morgan fingerprint density at radius 1 is 0.897 bits per heavy atom. The molecule has 4 rings (SSSR count). The summed E-state index contributed by atoms with van der Waals surface area (Å²) in [7, 11) is 0. The molecule has 2 heterocycles. The van der Waals surface area contributed by atoms with Gasteiger partial charge >= 0.3 is 0 Å². The Morgan fingerprint density at radius 2 is 1.66 bits per heavy atom. The molecular weight excluding hydrogens is 374 g/mol. The number of aromatic nitrogens is 2. The van der Waals surface area contributed by atoms with E-state index in [2.05, 4.69) is 51.0 Å². The van der Waals surface area contributed by atoms with Crippen LogP contribution in [0.4, 0.5) is 14.6 Å². The lowest BCUT2D eigenvalue weighted by Gasteiger charge is -2.35. The van der Waals surface area contributed by atoms with Gasteiger partial charge in [0.1, 0.15) is 17.9 Å². The number of ether oxygens (including phenoxy) is 1. The molecule has 150 valence electrons. The Balaban J connectivity index is 1.36. The molecule has 5 nitrogen and oxygen atoms in total. The molecule has 3 aromatic rings. The lowest BCUT2D eigenvalue weighted by Crippen LogP contribution is -2.46. The number of aryl methyl sites for hydroxylation is 1. The summed E-state index contributed by atoms with van der Waals surface area (Å²) < 4.78 is 32.0.